The Morgan fingerprint density at radius 1 is 1.10 bits per heavy atom. The van der Waals surface area contributed by atoms with Crippen LogP contribution in [-0.4, -0.2) is 26.8 Å². The molecule has 1 unspecified atom stereocenters. The van der Waals surface area contributed by atoms with Crippen LogP contribution < -0.4 is 0 Å². The van der Waals surface area contributed by atoms with Gasteiger partial charge in [-0.2, -0.15) is 13.2 Å². The molecule has 0 aliphatic rings. The molecule has 0 bridgehead atoms. The van der Waals surface area contributed by atoms with Crippen LogP contribution >= 0.6 is 0 Å². The Hall–Kier alpha value is -2.25. The molecule has 0 heterocycles. The number of rotatable bonds is 7. The van der Waals surface area contributed by atoms with E-state index in [0.29, 0.717) is 35.5 Å². The Bertz CT molecular complexity index is 817. The van der Waals surface area contributed by atoms with Gasteiger partial charge in [-0.05, 0) is 60.6 Å². The zero-order chi connectivity index (χ0) is 22.9. The highest BCUT2D eigenvalue weighted by Crippen LogP contribution is 2.32. The number of ketones is 1. The Morgan fingerprint density at radius 3 is 2.20 bits per heavy atom. The molecule has 2 aromatic carbocycles. The van der Waals surface area contributed by atoms with E-state index in [1.807, 2.05) is 0 Å². The molecule has 7 heteroatoms. The van der Waals surface area contributed by atoms with Gasteiger partial charge < -0.3 is 9.47 Å². The van der Waals surface area contributed by atoms with Gasteiger partial charge in [0.25, 0.3) is 0 Å². The molecule has 170 valence electrons. The molecule has 2 aromatic rings. The fraction of sp³-hybridized carbons (Fsp3) is 0.435. The van der Waals surface area contributed by atoms with Gasteiger partial charge in [-0.15, -0.1) is 0 Å². The van der Waals surface area contributed by atoms with Crippen LogP contribution in [0.15, 0.2) is 36.4 Å². The van der Waals surface area contributed by atoms with E-state index < -0.39 is 17.6 Å². The van der Waals surface area contributed by atoms with Crippen LogP contribution in [0.25, 0.3) is 0 Å². The number of aryl methyl sites for hydroxylation is 1. The first-order chi connectivity index (χ1) is 14.0. The van der Waals surface area contributed by atoms with Crippen LogP contribution in [-0.2, 0) is 33.3 Å². The summed E-state index contributed by atoms with van der Waals surface area (Å²) < 4.78 is 61.9. The first-order valence-electron chi connectivity index (χ1n) is 9.41. The van der Waals surface area contributed by atoms with Crippen molar-refractivity contribution in [2.24, 2.45) is 0 Å². The number of ether oxygens (including phenoxy) is 2. The second-order valence-electron chi connectivity index (χ2n) is 7.19. The summed E-state index contributed by atoms with van der Waals surface area (Å²) in [4.78, 5) is 11.2. The minimum atomic E-state index is -4.39. The molecule has 0 spiro atoms. The molecule has 1 atom stereocenters. The average molecular weight is 432 g/mol. The maximum absolute atomic E-state index is 14.5. The van der Waals surface area contributed by atoms with Crippen molar-refractivity contribution in [1.29, 1.82) is 0 Å². The summed E-state index contributed by atoms with van der Waals surface area (Å²) >= 11 is 0. The average Bonchev–Trinajstić information content (AvgIpc) is 2.61. The number of methoxy groups -OCH3 is 2. The monoisotopic (exact) mass is 432 g/mol. The lowest BCUT2D eigenvalue weighted by Crippen LogP contribution is -2.08. The zero-order valence-electron chi connectivity index (χ0n) is 17.9. The first kappa shape index (κ1) is 25.8. The fourth-order valence-corrected chi connectivity index (χ4v) is 3.29. The topological polar surface area (TPSA) is 35.5 Å². The molecule has 0 radical (unpaired) electrons. The van der Waals surface area contributed by atoms with Gasteiger partial charge in [0.1, 0.15) is 18.4 Å². The Kier molecular flexibility index (Phi) is 10.2. The van der Waals surface area contributed by atoms with Gasteiger partial charge in [0.2, 0.25) is 0 Å². The van der Waals surface area contributed by atoms with Crippen LogP contribution in [0.3, 0.4) is 0 Å². The van der Waals surface area contributed by atoms with Crippen molar-refractivity contribution in [3.8, 4) is 0 Å². The summed E-state index contributed by atoms with van der Waals surface area (Å²) in [6.45, 7) is 5.37. The van der Waals surface area contributed by atoms with Crippen molar-refractivity contribution < 1.29 is 34.7 Å². The molecular weight excluding hydrogens is 400 g/mol. The van der Waals surface area contributed by atoms with Crippen LogP contribution in [0, 0.1) is 12.7 Å². The minimum Gasteiger partial charge on any atom is -0.359 e. The standard InChI is InChI=1S/C20H20F4O.C3H8O2.2H2/c1-12(7-15-5-4-6-17(10-15)20(22,23)24)19-13(2)8-16(9-14(3)25)11-18(19)21;1-4-3-5-2;;/h4-6,8,10-12H,7,9H2,1-3H3;3H2,1-2H3;2*1H. The minimum absolute atomic E-state index is 0. The summed E-state index contributed by atoms with van der Waals surface area (Å²) in [5.41, 5.74) is 1.60. The molecule has 0 saturated carbocycles. The van der Waals surface area contributed by atoms with Crippen LogP contribution in [0.5, 0.6) is 0 Å². The third kappa shape index (κ3) is 8.24. The molecule has 3 nitrogen and oxygen atoms in total. The Morgan fingerprint density at radius 2 is 1.73 bits per heavy atom. The summed E-state index contributed by atoms with van der Waals surface area (Å²) in [5.74, 6) is -0.755. The Labute approximate surface area is 178 Å². The van der Waals surface area contributed by atoms with E-state index in [2.05, 4.69) is 9.47 Å². The highest BCUT2D eigenvalue weighted by atomic mass is 19.4. The summed E-state index contributed by atoms with van der Waals surface area (Å²) in [5, 5.41) is 0. The second kappa shape index (κ2) is 11.8. The summed E-state index contributed by atoms with van der Waals surface area (Å²) in [7, 11) is 3.17. The second-order valence-corrected chi connectivity index (χ2v) is 7.19. The number of hydrogen-bond donors (Lipinski definition) is 0. The van der Waals surface area contributed by atoms with Crippen molar-refractivity contribution in [1.82, 2.24) is 0 Å². The van der Waals surface area contributed by atoms with E-state index >= 15 is 0 Å². The van der Waals surface area contributed by atoms with Gasteiger partial charge in [0.15, 0.2) is 0 Å². The fourth-order valence-electron chi connectivity index (χ4n) is 3.29. The van der Waals surface area contributed by atoms with Crippen LogP contribution in [0.2, 0.25) is 0 Å². The molecule has 30 heavy (non-hydrogen) atoms. The quantitative estimate of drug-likeness (QED) is 0.377. The van der Waals surface area contributed by atoms with Crippen molar-refractivity contribution in [2.45, 2.75) is 45.7 Å². The number of Topliss-reactive ketones (excluding diaryl/α,β-unsaturated/α-hetero) is 1. The predicted molar refractivity (Wildman–Crippen MR) is 112 cm³/mol. The summed E-state index contributed by atoms with van der Waals surface area (Å²) in [6.07, 6.45) is -3.93. The SMILES string of the molecule is CC(=O)Cc1cc(C)c(C(C)Cc2cccc(C(F)(F)F)c2)c(F)c1.COCOC.[HH].[HH]. The normalized spacial score (nSPS) is 12.2. The van der Waals surface area contributed by atoms with Gasteiger partial charge in [0.05, 0.1) is 5.56 Å². The van der Waals surface area contributed by atoms with E-state index in [9.17, 15) is 22.4 Å². The van der Waals surface area contributed by atoms with E-state index in [0.717, 1.165) is 12.1 Å². The molecule has 0 aromatic heterocycles. The molecule has 0 saturated heterocycles. The first-order valence-corrected chi connectivity index (χ1v) is 9.41. The van der Waals surface area contributed by atoms with E-state index in [1.165, 1.54) is 19.1 Å². The van der Waals surface area contributed by atoms with Crippen molar-refractivity contribution in [2.75, 3.05) is 21.0 Å². The maximum Gasteiger partial charge on any atom is 0.416 e. The lowest BCUT2D eigenvalue weighted by Gasteiger charge is -2.18. The van der Waals surface area contributed by atoms with Crippen molar-refractivity contribution in [3.63, 3.8) is 0 Å². The van der Waals surface area contributed by atoms with Crippen LogP contribution in [0.1, 0.15) is 50.4 Å². The van der Waals surface area contributed by atoms with E-state index in [4.69, 9.17) is 0 Å². The van der Waals surface area contributed by atoms with Crippen molar-refractivity contribution in [3.05, 3.63) is 70.0 Å². The predicted octanol–water partition coefficient (Wildman–Crippen LogP) is 6.36. The van der Waals surface area contributed by atoms with Gasteiger partial charge >= 0.3 is 6.18 Å². The smallest absolute Gasteiger partial charge is 0.359 e. The number of halogens is 4. The van der Waals surface area contributed by atoms with Crippen molar-refractivity contribution >= 4 is 5.78 Å². The summed E-state index contributed by atoms with van der Waals surface area (Å²) in [6, 6.07) is 8.21. The lowest BCUT2D eigenvalue weighted by atomic mass is 9.88. The molecule has 0 aliphatic heterocycles. The van der Waals surface area contributed by atoms with E-state index in [-0.39, 0.29) is 21.0 Å². The highest BCUT2D eigenvalue weighted by molar-refractivity contribution is 5.78. The largest absolute Gasteiger partial charge is 0.416 e. The molecule has 0 fully saturated rings. The van der Waals surface area contributed by atoms with E-state index in [1.54, 1.807) is 40.2 Å². The van der Waals surface area contributed by atoms with Crippen LogP contribution in [0.4, 0.5) is 17.6 Å². The Balaban J connectivity index is 0. The molecule has 0 N–H and O–H groups in total. The number of hydrogen-bond acceptors (Lipinski definition) is 3. The number of benzene rings is 2. The molecule has 0 amide bonds. The number of alkyl halides is 3. The number of carbonyl (C=O) groups is 1. The molecular formula is C23H32F4O3. The zero-order valence-corrected chi connectivity index (χ0v) is 17.9. The molecule has 0 aliphatic carbocycles. The third-order valence-corrected chi connectivity index (χ3v) is 4.37. The molecule has 2 rings (SSSR count). The van der Waals surface area contributed by atoms with Gasteiger partial charge in [0, 0.05) is 23.5 Å². The lowest BCUT2D eigenvalue weighted by molar-refractivity contribution is -0.137. The maximum atomic E-state index is 14.5. The third-order valence-electron chi connectivity index (χ3n) is 4.37. The van der Waals surface area contributed by atoms with Gasteiger partial charge in [-0.25, -0.2) is 4.39 Å². The highest BCUT2D eigenvalue weighted by Gasteiger charge is 2.30. The van der Waals surface area contributed by atoms with Gasteiger partial charge in [-0.3, -0.25) is 4.79 Å². The number of carbonyl (C=O) groups excluding carboxylic acids is 1. The van der Waals surface area contributed by atoms with Gasteiger partial charge in [-0.1, -0.05) is 31.2 Å².